The van der Waals surface area contributed by atoms with Crippen molar-refractivity contribution in [2.24, 2.45) is 0 Å². The molecule has 5 nitrogen and oxygen atoms in total. The van der Waals surface area contributed by atoms with Crippen LogP contribution >= 0.6 is 12.2 Å². The van der Waals surface area contributed by atoms with Gasteiger partial charge in [0.05, 0.1) is 18.8 Å². The first-order chi connectivity index (χ1) is 16.1. The molecular formula is C27H26N4OS. The van der Waals surface area contributed by atoms with E-state index in [1.165, 1.54) is 11.1 Å². The summed E-state index contributed by atoms with van der Waals surface area (Å²) in [7, 11) is 1.68. The number of thiocarbonyl (C=S) groups is 1. The van der Waals surface area contributed by atoms with Crippen molar-refractivity contribution >= 4 is 23.0 Å². The predicted octanol–water partition coefficient (Wildman–Crippen LogP) is 5.67. The zero-order valence-electron chi connectivity index (χ0n) is 18.9. The lowest BCUT2D eigenvalue weighted by molar-refractivity contribution is 0.414. The van der Waals surface area contributed by atoms with Crippen molar-refractivity contribution < 1.29 is 4.74 Å². The first-order valence-electron chi connectivity index (χ1n) is 11.0. The van der Waals surface area contributed by atoms with Crippen LogP contribution in [0.3, 0.4) is 0 Å². The largest absolute Gasteiger partial charge is 0.497 e. The number of nitrogens with one attached hydrogen (secondary N) is 1. The molecule has 1 saturated heterocycles. The van der Waals surface area contributed by atoms with E-state index in [9.17, 15) is 0 Å². The van der Waals surface area contributed by atoms with E-state index in [-0.39, 0.29) is 12.1 Å². The summed E-state index contributed by atoms with van der Waals surface area (Å²) in [6, 6.07) is 24.7. The third-order valence-corrected chi connectivity index (χ3v) is 6.62. The average molecular weight is 455 g/mol. The van der Waals surface area contributed by atoms with E-state index in [4.69, 9.17) is 17.0 Å². The van der Waals surface area contributed by atoms with Crippen molar-refractivity contribution in [3.63, 3.8) is 0 Å². The highest BCUT2D eigenvalue weighted by atomic mass is 32.1. The van der Waals surface area contributed by atoms with Gasteiger partial charge in [-0.25, -0.2) is 0 Å². The Labute approximate surface area is 199 Å². The van der Waals surface area contributed by atoms with Crippen LogP contribution in [-0.2, 0) is 0 Å². The topological polar surface area (TPSA) is 42.3 Å². The molecule has 0 saturated carbocycles. The number of ether oxygens (including phenoxy) is 1. The van der Waals surface area contributed by atoms with Gasteiger partial charge in [0.2, 0.25) is 0 Å². The molecule has 0 amide bonds. The Bertz CT molecular complexity index is 1280. The van der Waals surface area contributed by atoms with E-state index >= 15 is 0 Å². The lowest BCUT2D eigenvalue weighted by Gasteiger charge is -2.29. The quantitative estimate of drug-likeness (QED) is 0.393. The summed E-state index contributed by atoms with van der Waals surface area (Å²) in [6.45, 7) is 4.26. The lowest BCUT2D eigenvalue weighted by Crippen LogP contribution is -2.30. The Balaban J connectivity index is 1.65. The maximum absolute atomic E-state index is 5.88. The zero-order chi connectivity index (χ0) is 22.9. The molecule has 2 aromatic heterocycles. The molecule has 2 unspecified atom stereocenters. The second kappa shape index (κ2) is 8.71. The Hall–Kier alpha value is -3.64. The minimum atomic E-state index is -0.0905. The van der Waals surface area contributed by atoms with E-state index in [2.05, 4.69) is 88.3 Å². The minimum absolute atomic E-state index is 0.0772. The van der Waals surface area contributed by atoms with Crippen molar-refractivity contribution in [3.05, 3.63) is 108 Å². The van der Waals surface area contributed by atoms with Gasteiger partial charge in [0, 0.05) is 29.5 Å². The molecule has 1 aliphatic rings. The molecule has 0 bridgehead atoms. The Kier molecular flexibility index (Phi) is 5.60. The van der Waals surface area contributed by atoms with Gasteiger partial charge in [0.25, 0.3) is 0 Å². The number of pyridine rings is 1. The fourth-order valence-corrected chi connectivity index (χ4v) is 4.77. The first kappa shape index (κ1) is 21.2. The second-order valence-corrected chi connectivity index (χ2v) is 8.65. The zero-order valence-corrected chi connectivity index (χ0v) is 19.7. The van der Waals surface area contributed by atoms with Gasteiger partial charge in [0.1, 0.15) is 11.8 Å². The van der Waals surface area contributed by atoms with Crippen LogP contribution in [0.15, 0.2) is 85.2 Å². The molecular weight excluding hydrogens is 428 g/mol. The van der Waals surface area contributed by atoms with Gasteiger partial charge >= 0.3 is 0 Å². The van der Waals surface area contributed by atoms with Crippen LogP contribution in [0.1, 0.15) is 34.6 Å². The highest BCUT2D eigenvalue weighted by Crippen LogP contribution is 2.42. The summed E-state index contributed by atoms with van der Waals surface area (Å²) in [5.41, 5.74) is 6.71. The number of methoxy groups -OCH3 is 1. The molecule has 4 aromatic rings. The van der Waals surface area contributed by atoms with Crippen LogP contribution in [0.5, 0.6) is 5.75 Å². The molecule has 1 N–H and O–H groups in total. The van der Waals surface area contributed by atoms with Gasteiger partial charge in [-0.05, 0) is 97.9 Å². The molecule has 0 radical (unpaired) electrons. The van der Waals surface area contributed by atoms with Gasteiger partial charge in [-0.1, -0.05) is 12.1 Å². The summed E-state index contributed by atoms with van der Waals surface area (Å²) in [5, 5.41) is 4.25. The average Bonchev–Trinajstić information content (AvgIpc) is 3.46. The number of hydrogen-bond acceptors (Lipinski definition) is 3. The van der Waals surface area contributed by atoms with Crippen molar-refractivity contribution in [2.45, 2.75) is 25.9 Å². The Morgan fingerprint density at radius 3 is 2.39 bits per heavy atom. The van der Waals surface area contributed by atoms with Crippen LogP contribution in [0.4, 0.5) is 5.69 Å². The number of aryl methyl sites for hydroxylation is 2. The van der Waals surface area contributed by atoms with E-state index in [0.717, 1.165) is 28.5 Å². The monoisotopic (exact) mass is 454 g/mol. The molecule has 1 aliphatic heterocycles. The Morgan fingerprint density at radius 2 is 1.70 bits per heavy atom. The number of benzene rings is 2. The maximum Gasteiger partial charge on any atom is 0.174 e. The number of nitrogens with zero attached hydrogens (tertiary/aromatic N) is 3. The molecule has 1 fully saturated rings. The molecule has 3 heterocycles. The SMILES string of the molecule is COc1ccc(-n2cccc2C2C(c3ccccn3)NC(=S)N2c2ccc(C)c(C)c2)cc1. The summed E-state index contributed by atoms with van der Waals surface area (Å²) >= 11 is 5.88. The van der Waals surface area contributed by atoms with Crippen molar-refractivity contribution in [1.29, 1.82) is 0 Å². The van der Waals surface area contributed by atoms with E-state index in [1.54, 1.807) is 7.11 Å². The molecule has 6 heteroatoms. The number of hydrogen-bond donors (Lipinski definition) is 1. The van der Waals surface area contributed by atoms with Crippen LogP contribution in [0.2, 0.25) is 0 Å². The van der Waals surface area contributed by atoms with Gasteiger partial charge in [-0.2, -0.15) is 0 Å². The van der Waals surface area contributed by atoms with Crippen molar-refractivity contribution in [1.82, 2.24) is 14.9 Å². The second-order valence-electron chi connectivity index (χ2n) is 8.27. The van der Waals surface area contributed by atoms with Crippen LogP contribution in [0, 0.1) is 13.8 Å². The number of aromatic nitrogens is 2. The summed E-state index contributed by atoms with van der Waals surface area (Å²) in [6.07, 6.45) is 3.92. The van der Waals surface area contributed by atoms with Gasteiger partial charge < -0.3 is 19.5 Å². The van der Waals surface area contributed by atoms with Crippen LogP contribution < -0.4 is 15.0 Å². The van der Waals surface area contributed by atoms with Gasteiger partial charge in [-0.15, -0.1) is 0 Å². The highest BCUT2D eigenvalue weighted by Gasteiger charge is 2.42. The normalized spacial score (nSPS) is 17.8. The molecule has 5 rings (SSSR count). The molecule has 0 spiro atoms. The maximum atomic E-state index is 5.88. The summed E-state index contributed by atoms with van der Waals surface area (Å²) in [5.74, 6) is 0.833. The number of rotatable bonds is 5. The smallest absolute Gasteiger partial charge is 0.174 e. The fraction of sp³-hybridized carbons (Fsp3) is 0.185. The fourth-order valence-electron chi connectivity index (χ4n) is 4.42. The van der Waals surface area contributed by atoms with E-state index < -0.39 is 0 Å². The summed E-state index contributed by atoms with van der Waals surface area (Å²) in [4.78, 5) is 6.88. The van der Waals surface area contributed by atoms with Crippen molar-refractivity contribution in [3.8, 4) is 11.4 Å². The van der Waals surface area contributed by atoms with Crippen molar-refractivity contribution in [2.75, 3.05) is 12.0 Å². The molecule has 33 heavy (non-hydrogen) atoms. The van der Waals surface area contributed by atoms with E-state index in [0.29, 0.717) is 5.11 Å². The third-order valence-electron chi connectivity index (χ3n) is 6.30. The summed E-state index contributed by atoms with van der Waals surface area (Å²) < 4.78 is 7.56. The van der Waals surface area contributed by atoms with Crippen LogP contribution in [-0.4, -0.2) is 21.8 Å². The standard InChI is InChI=1S/C27H26N4OS/c1-18-9-10-21(17-19(18)2)31-26(25(29-27(31)33)23-7-4-5-15-28-23)24-8-6-16-30(24)20-11-13-22(32-3)14-12-20/h4-17,25-26H,1-3H3,(H,29,33). The molecule has 166 valence electrons. The van der Waals surface area contributed by atoms with E-state index in [1.807, 2.05) is 30.5 Å². The first-order valence-corrected chi connectivity index (χ1v) is 11.4. The molecule has 0 aliphatic carbocycles. The minimum Gasteiger partial charge on any atom is -0.497 e. The predicted molar refractivity (Wildman–Crippen MR) is 136 cm³/mol. The van der Waals surface area contributed by atoms with Gasteiger partial charge in [0.15, 0.2) is 5.11 Å². The lowest BCUT2D eigenvalue weighted by atomic mass is 10.00. The van der Waals surface area contributed by atoms with Crippen LogP contribution in [0.25, 0.3) is 5.69 Å². The third kappa shape index (κ3) is 3.87. The number of anilines is 1. The molecule has 2 aromatic carbocycles. The Morgan fingerprint density at radius 1 is 0.909 bits per heavy atom. The van der Waals surface area contributed by atoms with Gasteiger partial charge in [-0.3, -0.25) is 4.98 Å². The molecule has 2 atom stereocenters. The highest BCUT2D eigenvalue weighted by molar-refractivity contribution is 7.80.